The van der Waals surface area contributed by atoms with Gasteiger partial charge in [-0.2, -0.15) is 0 Å². The fraction of sp³-hybridized carbons (Fsp3) is 1.00. The number of nitrogens with one attached hydrogen (secondary N) is 1. The molecule has 1 aliphatic heterocycles. The molecule has 2 heteroatoms. The molecule has 1 saturated heterocycles. The van der Waals surface area contributed by atoms with Crippen molar-refractivity contribution in [2.75, 3.05) is 19.6 Å². The molecule has 0 amide bonds. The summed E-state index contributed by atoms with van der Waals surface area (Å²) in [4.78, 5) is 2.75. The molecule has 2 aliphatic rings. The van der Waals surface area contributed by atoms with Crippen LogP contribution in [0.5, 0.6) is 0 Å². The van der Waals surface area contributed by atoms with Crippen molar-refractivity contribution < 1.29 is 0 Å². The van der Waals surface area contributed by atoms with E-state index in [9.17, 15) is 0 Å². The van der Waals surface area contributed by atoms with Gasteiger partial charge in [-0.25, -0.2) is 0 Å². The Bertz CT molecular complexity index is 213. The van der Waals surface area contributed by atoms with Crippen molar-refractivity contribution in [2.24, 2.45) is 5.92 Å². The Morgan fingerprint density at radius 2 is 1.94 bits per heavy atom. The minimum atomic E-state index is 0.785. The van der Waals surface area contributed by atoms with Crippen LogP contribution in [0.15, 0.2) is 0 Å². The van der Waals surface area contributed by atoms with E-state index in [2.05, 4.69) is 24.1 Å². The van der Waals surface area contributed by atoms with Crippen LogP contribution in [0.4, 0.5) is 0 Å². The topological polar surface area (TPSA) is 15.3 Å². The van der Waals surface area contributed by atoms with Crippen LogP contribution in [-0.2, 0) is 0 Å². The number of unbranched alkanes of at least 4 members (excludes halogenated alkanes) is 3. The third-order valence-electron chi connectivity index (χ3n) is 4.51. The first-order valence-corrected chi connectivity index (χ1v) is 7.78. The first kappa shape index (κ1) is 13.4. The third kappa shape index (κ3) is 4.26. The molecule has 0 radical (unpaired) electrons. The number of hydrogen-bond donors (Lipinski definition) is 1. The van der Waals surface area contributed by atoms with Crippen LogP contribution < -0.4 is 5.32 Å². The molecule has 1 saturated carbocycles. The lowest BCUT2D eigenvalue weighted by atomic mass is 10.1. The van der Waals surface area contributed by atoms with Crippen LogP contribution >= 0.6 is 0 Å². The van der Waals surface area contributed by atoms with Gasteiger partial charge in [0, 0.05) is 18.6 Å². The molecule has 17 heavy (non-hydrogen) atoms. The summed E-state index contributed by atoms with van der Waals surface area (Å²) in [7, 11) is 0. The predicted octanol–water partition coefficient (Wildman–Crippen LogP) is 3.03. The Morgan fingerprint density at radius 1 is 1.12 bits per heavy atom. The standard InChI is InChI=1S/C15H30N2/c1-3-4-5-6-11-17-12-15(14-7-8-14)16-10-9-13(17)2/h13-16H,3-12H2,1-2H3. The maximum Gasteiger partial charge on any atom is 0.0223 e. The highest BCUT2D eigenvalue weighted by Gasteiger charge is 2.34. The van der Waals surface area contributed by atoms with Gasteiger partial charge < -0.3 is 5.32 Å². The molecule has 2 unspecified atom stereocenters. The predicted molar refractivity (Wildman–Crippen MR) is 74.3 cm³/mol. The zero-order chi connectivity index (χ0) is 12.1. The molecular formula is C15H30N2. The highest BCUT2D eigenvalue weighted by molar-refractivity contribution is 4.91. The monoisotopic (exact) mass is 238 g/mol. The van der Waals surface area contributed by atoms with Gasteiger partial charge in [0.1, 0.15) is 0 Å². The van der Waals surface area contributed by atoms with Gasteiger partial charge in [-0.3, -0.25) is 4.90 Å². The molecule has 2 rings (SSSR count). The van der Waals surface area contributed by atoms with E-state index < -0.39 is 0 Å². The molecule has 0 aromatic rings. The first-order valence-electron chi connectivity index (χ1n) is 7.78. The van der Waals surface area contributed by atoms with Crippen molar-refractivity contribution in [1.82, 2.24) is 10.2 Å². The van der Waals surface area contributed by atoms with Gasteiger partial charge in [0.2, 0.25) is 0 Å². The second-order valence-corrected chi connectivity index (χ2v) is 6.09. The minimum Gasteiger partial charge on any atom is -0.312 e. The zero-order valence-electron chi connectivity index (χ0n) is 11.8. The zero-order valence-corrected chi connectivity index (χ0v) is 11.8. The molecule has 2 nitrogen and oxygen atoms in total. The van der Waals surface area contributed by atoms with Gasteiger partial charge in [-0.05, 0) is 51.6 Å². The summed E-state index contributed by atoms with van der Waals surface area (Å²) >= 11 is 0. The Labute approximate surface area is 107 Å². The maximum atomic E-state index is 3.76. The Hall–Kier alpha value is -0.0800. The van der Waals surface area contributed by atoms with Gasteiger partial charge in [0.25, 0.3) is 0 Å². The van der Waals surface area contributed by atoms with Crippen LogP contribution in [0.3, 0.4) is 0 Å². The van der Waals surface area contributed by atoms with E-state index in [4.69, 9.17) is 0 Å². The molecule has 1 heterocycles. The van der Waals surface area contributed by atoms with Crippen molar-refractivity contribution in [3.8, 4) is 0 Å². The summed E-state index contributed by atoms with van der Waals surface area (Å²) < 4.78 is 0. The van der Waals surface area contributed by atoms with Gasteiger partial charge in [-0.15, -0.1) is 0 Å². The normalized spacial score (nSPS) is 31.4. The average Bonchev–Trinajstić information content (AvgIpc) is 3.13. The van der Waals surface area contributed by atoms with Gasteiger partial charge in [0.05, 0.1) is 0 Å². The molecule has 100 valence electrons. The van der Waals surface area contributed by atoms with Gasteiger partial charge in [-0.1, -0.05) is 26.2 Å². The second-order valence-electron chi connectivity index (χ2n) is 6.09. The van der Waals surface area contributed by atoms with Crippen molar-refractivity contribution in [1.29, 1.82) is 0 Å². The molecule has 2 atom stereocenters. The van der Waals surface area contributed by atoms with Gasteiger partial charge in [0.15, 0.2) is 0 Å². The third-order valence-corrected chi connectivity index (χ3v) is 4.51. The van der Waals surface area contributed by atoms with E-state index in [1.807, 2.05) is 0 Å². The molecular weight excluding hydrogens is 208 g/mol. The van der Waals surface area contributed by atoms with E-state index in [1.165, 1.54) is 64.6 Å². The largest absolute Gasteiger partial charge is 0.312 e. The lowest BCUT2D eigenvalue weighted by Crippen LogP contribution is -2.41. The van der Waals surface area contributed by atoms with Crippen molar-refractivity contribution >= 4 is 0 Å². The van der Waals surface area contributed by atoms with Crippen LogP contribution in [0.2, 0.25) is 0 Å². The van der Waals surface area contributed by atoms with Crippen LogP contribution in [-0.4, -0.2) is 36.6 Å². The van der Waals surface area contributed by atoms with Crippen molar-refractivity contribution in [2.45, 2.75) is 70.9 Å². The number of rotatable bonds is 6. The highest BCUT2D eigenvalue weighted by atomic mass is 15.2. The second kappa shape index (κ2) is 6.75. The SMILES string of the molecule is CCCCCCN1CC(C2CC2)NCCC1C. The lowest BCUT2D eigenvalue weighted by Gasteiger charge is -2.29. The molecule has 0 bridgehead atoms. The van der Waals surface area contributed by atoms with E-state index in [1.54, 1.807) is 0 Å². The fourth-order valence-corrected chi connectivity index (χ4v) is 3.03. The number of hydrogen-bond acceptors (Lipinski definition) is 2. The quantitative estimate of drug-likeness (QED) is 0.716. The van der Waals surface area contributed by atoms with E-state index in [0.29, 0.717) is 0 Å². The summed E-state index contributed by atoms with van der Waals surface area (Å²) in [5.41, 5.74) is 0. The molecule has 2 fully saturated rings. The summed E-state index contributed by atoms with van der Waals surface area (Å²) in [6.07, 6.45) is 9.84. The molecule has 1 aliphatic carbocycles. The van der Waals surface area contributed by atoms with Gasteiger partial charge >= 0.3 is 0 Å². The molecule has 1 N–H and O–H groups in total. The molecule has 0 aromatic heterocycles. The summed E-state index contributed by atoms with van der Waals surface area (Å²) in [6.45, 7) is 8.57. The lowest BCUT2D eigenvalue weighted by molar-refractivity contribution is 0.195. The van der Waals surface area contributed by atoms with E-state index in [-0.39, 0.29) is 0 Å². The maximum absolute atomic E-state index is 3.76. The van der Waals surface area contributed by atoms with Crippen molar-refractivity contribution in [3.63, 3.8) is 0 Å². The summed E-state index contributed by atoms with van der Waals surface area (Å²) in [6, 6.07) is 1.58. The summed E-state index contributed by atoms with van der Waals surface area (Å²) in [5, 5.41) is 3.76. The van der Waals surface area contributed by atoms with Crippen LogP contribution in [0.1, 0.15) is 58.8 Å². The van der Waals surface area contributed by atoms with E-state index >= 15 is 0 Å². The Balaban J connectivity index is 1.75. The van der Waals surface area contributed by atoms with E-state index in [0.717, 1.165) is 18.0 Å². The molecule has 0 spiro atoms. The smallest absolute Gasteiger partial charge is 0.0223 e. The first-order chi connectivity index (χ1) is 8.31. The van der Waals surface area contributed by atoms with Crippen molar-refractivity contribution in [3.05, 3.63) is 0 Å². The molecule has 0 aromatic carbocycles. The minimum absolute atomic E-state index is 0.785. The van der Waals surface area contributed by atoms with Crippen LogP contribution in [0.25, 0.3) is 0 Å². The Morgan fingerprint density at radius 3 is 2.65 bits per heavy atom. The van der Waals surface area contributed by atoms with Crippen LogP contribution in [0, 0.1) is 5.92 Å². The summed E-state index contributed by atoms with van der Waals surface area (Å²) in [5.74, 6) is 0.999. The number of nitrogens with zero attached hydrogens (tertiary/aromatic N) is 1. The highest BCUT2D eigenvalue weighted by Crippen LogP contribution is 2.34. The Kier molecular flexibility index (Phi) is 5.30. The average molecular weight is 238 g/mol. The fourth-order valence-electron chi connectivity index (χ4n) is 3.03.